The van der Waals surface area contributed by atoms with Crippen LogP contribution in [0.25, 0.3) is 21.9 Å². The molecule has 46 heavy (non-hydrogen) atoms. The number of fused-ring (bicyclic) bond motifs is 2. The third kappa shape index (κ3) is 6.28. The molecule has 0 saturated heterocycles. The van der Waals surface area contributed by atoms with Crippen molar-refractivity contribution in [1.29, 1.82) is 0 Å². The molecule has 0 fully saturated rings. The van der Waals surface area contributed by atoms with Gasteiger partial charge in [-0.15, -0.1) is 0 Å². The van der Waals surface area contributed by atoms with Crippen molar-refractivity contribution in [3.05, 3.63) is 119 Å². The van der Waals surface area contributed by atoms with Gasteiger partial charge in [-0.25, -0.2) is 0 Å². The minimum atomic E-state index is 0.137. The largest absolute Gasteiger partial charge is 0.496 e. The highest BCUT2D eigenvalue weighted by Gasteiger charge is 2.34. The molecule has 5 aromatic rings. The molecule has 0 bridgehead atoms. The molecule has 0 N–H and O–H groups in total. The van der Waals surface area contributed by atoms with Crippen LogP contribution in [0.1, 0.15) is 47.7 Å². The number of ether oxygens (including phenoxy) is 5. The first-order valence-electron chi connectivity index (χ1n) is 15.9. The highest BCUT2D eigenvalue weighted by molar-refractivity contribution is 6.05. The highest BCUT2D eigenvalue weighted by Crippen LogP contribution is 2.51. The van der Waals surface area contributed by atoms with Gasteiger partial charge in [0.15, 0.2) is 6.79 Å². The Bertz CT molecular complexity index is 1800. The molecule has 0 saturated carbocycles. The molecule has 2 atom stereocenters. The Morgan fingerprint density at radius 1 is 0.717 bits per heavy atom. The number of nitrogens with zero attached hydrogens (tertiary/aromatic N) is 1. The first kappa shape index (κ1) is 31.5. The Labute approximate surface area is 272 Å². The summed E-state index contributed by atoms with van der Waals surface area (Å²) in [5.74, 6) is 3.12. The lowest BCUT2D eigenvalue weighted by Gasteiger charge is -2.40. The van der Waals surface area contributed by atoms with Crippen molar-refractivity contribution in [2.75, 3.05) is 28.1 Å². The monoisotopic (exact) mass is 617 g/mol. The van der Waals surface area contributed by atoms with E-state index in [1.54, 1.807) is 14.2 Å². The smallest absolute Gasteiger partial charge is 0.188 e. The van der Waals surface area contributed by atoms with E-state index in [1.807, 2.05) is 48.5 Å². The summed E-state index contributed by atoms with van der Waals surface area (Å²) in [4.78, 5) is 2.43. The minimum Gasteiger partial charge on any atom is -0.496 e. The molecule has 0 aromatic heterocycles. The average molecular weight is 618 g/mol. The summed E-state index contributed by atoms with van der Waals surface area (Å²) >= 11 is 0. The molecule has 0 aliphatic carbocycles. The van der Waals surface area contributed by atoms with Gasteiger partial charge in [0.1, 0.15) is 36.2 Å². The van der Waals surface area contributed by atoms with E-state index in [2.05, 4.69) is 75.2 Å². The molecule has 238 valence electrons. The predicted octanol–water partition coefficient (Wildman–Crippen LogP) is 8.90. The molecule has 1 heterocycles. The lowest BCUT2D eigenvalue weighted by atomic mass is 9.82. The van der Waals surface area contributed by atoms with Gasteiger partial charge in [0.2, 0.25) is 0 Å². The zero-order valence-electron chi connectivity index (χ0n) is 27.6. The number of aryl methyl sites for hydroxylation is 1. The first-order valence-corrected chi connectivity index (χ1v) is 15.9. The van der Waals surface area contributed by atoms with E-state index in [0.717, 1.165) is 62.3 Å². The van der Waals surface area contributed by atoms with Crippen LogP contribution < -0.4 is 18.9 Å². The van der Waals surface area contributed by atoms with Crippen LogP contribution in [0.2, 0.25) is 0 Å². The third-order valence-electron chi connectivity index (χ3n) is 9.10. The molecule has 1 aliphatic rings. The summed E-state index contributed by atoms with van der Waals surface area (Å²) in [6, 6.07) is 31.6. The zero-order chi connectivity index (χ0) is 32.2. The van der Waals surface area contributed by atoms with Gasteiger partial charge in [-0.2, -0.15) is 0 Å². The second kappa shape index (κ2) is 13.9. The van der Waals surface area contributed by atoms with E-state index in [-0.39, 0.29) is 12.8 Å². The van der Waals surface area contributed by atoms with Crippen LogP contribution in [-0.2, 0) is 24.4 Å². The predicted molar refractivity (Wildman–Crippen MR) is 184 cm³/mol. The fraction of sp³-hybridized carbons (Fsp3) is 0.300. The molecule has 6 nitrogen and oxygen atoms in total. The molecule has 5 aromatic carbocycles. The van der Waals surface area contributed by atoms with Gasteiger partial charge in [0.05, 0.1) is 12.5 Å². The standard InChI is InChI=1S/C40H43NO5/c1-26-19-32-31(17-18-34(46-25-42-5)40(32)35(20-26)43-6)39-33-21-27(2)41(4)28(3)38(33)36(44-23-29-13-9-7-10-14-29)22-37(39)45-24-30-15-11-8-12-16-30/h7-20,22,27-28H,21,23-25H2,1-6H3/t27-,28+/m1/s1. The molecule has 0 radical (unpaired) electrons. The SMILES string of the molecule is COCOc1ccc(-c2c(OCc3ccccc3)cc(OCc3ccccc3)c3c2C[C@@H](C)N(C)[C@H]3C)c2cc(C)cc(OC)c12. The molecule has 0 amide bonds. The lowest BCUT2D eigenvalue weighted by molar-refractivity contribution is 0.0521. The molecule has 1 aliphatic heterocycles. The molecular formula is C40H43NO5. The van der Waals surface area contributed by atoms with Gasteiger partial charge < -0.3 is 23.7 Å². The molecule has 0 spiro atoms. The van der Waals surface area contributed by atoms with Crippen molar-refractivity contribution in [3.8, 4) is 34.1 Å². The van der Waals surface area contributed by atoms with Crippen LogP contribution in [-0.4, -0.2) is 39.0 Å². The summed E-state index contributed by atoms with van der Waals surface area (Å²) in [5, 5.41) is 1.94. The van der Waals surface area contributed by atoms with Gasteiger partial charge in [0.25, 0.3) is 0 Å². The van der Waals surface area contributed by atoms with Gasteiger partial charge in [-0.05, 0) is 85.6 Å². The van der Waals surface area contributed by atoms with Crippen molar-refractivity contribution in [3.63, 3.8) is 0 Å². The van der Waals surface area contributed by atoms with Gasteiger partial charge in [0, 0.05) is 36.4 Å². The van der Waals surface area contributed by atoms with Gasteiger partial charge >= 0.3 is 0 Å². The number of hydrogen-bond acceptors (Lipinski definition) is 6. The molecule has 0 unspecified atom stereocenters. The maximum atomic E-state index is 6.79. The Morgan fingerprint density at radius 3 is 2.00 bits per heavy atom. The average Bonchev–Trinajstić information content (AvgIpc) is 3.08. The normalized spacial score (nSPS) is 16.2. The number of rotatable bonds is 11. The summed E-state index contributed by atoms with van der Waals surface area (Å²) in [6.45, 7) is 7.70. The van der Waals surface area contributed by atoms with Crippen molar-refractivity contribution in [2.24, 2.45) is 0 Å². The van der Waals surface area contributed by atoms with E-state index in [1.165, 1.54) is 11.1 Å². The van der Waals surface area contributed by atoms with Crippen LogP contribution in [0.5, 0.6) is 23.0 Å². The maximum Gasteiger partial charge on any atom is 0.188 e. The number of methoxy groups -OCH3 is 2. The van der Waals surface area contributed by atoms with Crippen molar-refractivity contribution >= 4 is 10.8 Å². The molecular weight excluding hydrogens is 574 g/mol. The third-order valence-corrected chi connectivity index (χ3v) is 9.10. The Hall–Kier alpha value is -4.52. The summed E-state index contributed by atoms with van der Waals surface area (Å²) in [7, 11) is 5.53. The Morgan fingerprint density at radius 2 is 1.37 bits per heavy atom. The van der Waals surface area contributed by atoms with Crippen molar-refractivity contribution in [1.82, 2.24) is 4.90 Å². The second-order valence-corrected chi connectivity index (χ2v) is 12.1. The van der Waals surface area contributed by atoms with E-state index in [9.17, 15) is 0 Å². The number of benzene rings is 5. The summed E-state index contributed by atoms with van der Waals surface area (Å²) in [6.07, 6.45) is 0.849. The maximum absolute atomic E-state index is 6.79. The Kier molecular flexibility index (Phi) is 9.48. The van der Waals surface area contributed by atoms with E-state index in [4.69, 9.17) is 23.7 Å². The fourth-order valence-corrected chi connectivity index (χ4v) is 6.57. The molecule has 6 rings (SSSR count). The van der Waals surface area contributed by atoms with Crippen LogP contribution >= 0.6 is 0 Å². The van der Waals surface area contributed by atoms with Crippen LogP contribution in [0, 0.1) is 6.92 Å². The highest BCUT2D eigenvalue weighted by atomic mass is 16.7. The Balaban J connectivity index is 1.60. The topological polar surface area (TPSA) is 49.4 Å². The molecule has 6 heteroatoms. The first-order chi connectivity index (χ1) is 22.4. The van der Waals surface area contributed by atoms with Crippen LogP contribution in [0.4, 0.5) is 0 Å². The van der Waals surface area contributed by atoms with Crippen LogP contribution in [0.15, 0.2) is 91.0 Å². The zero-order valence-corrected chi connectivity index (χ0v) is 27.6. The lowest BCUT2D eigenvalue weighted by Crippen LogP contribution is -2.38. The number of hydrogen-bond donors (Lipinski definition) is 0. The summed E-state index contributed by atoms with van der Waals surface area (Å²) < 4.78 is 30.7. The minimum absolute atomic E-state index is 0.137. The van der Waals surface area contributed by atoms with Crippen LogP contribution in [0.3, 0.4) is 0 Å². The fourth-order valence-electron chi connectivity index (χ4n) is 6.57. The quantitative estimate of drug-likeness (QED) is 0.138. The van der Waals surface area contributed by atoms with Crippen molar-refractivity contribution < 1.29 is 23.7 Å². The van der Waals surface area contributed by atoms with E-state index in [0.29, 0.717) is 25.0 Å². The van der Waals surface area contributed by atoms with Gasteiger partial charge in [-0.1, -0.05) is 66.7 Å². The van der Waals surface area contributed by atoms with E-state index < -0.39 is 0 Å². The summed E-state index contributed by atoms with van der Waals surface area (Å²) in [5.41, 5.74) is 7.92. The van der Waals surface area contributed by atoms with Crippen molar-refractivity contribution in [2.45, 2.75) is 52.5 Å². The second-order valence-electron chi connectivity index (χ2n) is 12.1. The van der Waals surface area contributed by atoms with Gasteiger partial charge in [-0.3, -0.25) is 4.90 Å². The number of likely N-dealkylation sites (N-methyl/N-ethyl adjacent to an activating group) is 1. The van der Waals surface area contributed by atoms with E-state index >= 15 is 0 Å².